The molecule has 3 rings (SSSR count). The van der Waals surface area contributed by atoms with Gasteiger partial charge in [0.15, 0.2) is 0 Å². The predicted molar refractivity (Wildman–Crippen MR) is 87.5 cm³/mol. The lowest BCUT2D eigenvalue weighted by Crippen LogP contribution is -2.13. The molecule has 0 bridgehead atoms. The summed E-state index contributed by atoms with van der Waals surface area (Å²) in [6.45, 7) is 1.94. The quantitative estimate of drug-likeness (QED) is 0.776. The number of aromatic amines is 1. The number of nitrogens with one attached hydrogen (secondary N) is 2. The Kier molecular flexibility index (Phi) is 4.05. The minimum Gasteiger partial charge on any atom is -0.496 e. The monoisotopic (exact) mass is 308 g/mol. The number of H-pyrrole nitrogens is 1. The Hall–Kier alpha value is -3.15. The highest BCUT2D eigenvalue weighted by Crippen LogP contribution is 2.26. The number of hydrogen-bond donors (Lipinski definition) is 2. The fourth-order valence-corrected chi connectivity index (χ4v) is 2.26. The van der Waals surface area contributed by atoms with Gasteiger partial charge in [0, 0.05) is 6.20 Å². The lowest BCUT2D eigenvalue weighted by Gasteiger charge is -2.10. The van der Waals surface area contributed by atoms with Crippen LogP contribution in [0.25, 0.3) is 11.4 Å². The van der Waals surface area contributed by atoms with Crippen molar-refractivity contribution in [1.29, 1.82) is 0 Å². The van der Waals surface area contributed by atoms with Crippen molar-refractivity contribution in [2.24, 2.45) is 0 Å². The summed E-state index contributed by atoms with van der Waals surface area (Å²) >= 11 is 0. The van der Waals surface area contributed by atoms with E-state index in [-0.39, 0.29) is 5.91 Å². The van der Waals surface area contributed by atoms with Crippen molar-refractivity contribution in [1.82, 2.24) is 15.2 Å². The molecule has 3 aromatic rings. The van der Waals surface area contributed by atoms with E-state index in [0.29, 0.717) is 28.4 Å². The number of nitrogens with zero attached hydrogens (tertiary/aromatic N) is 2. The van der Waals surface area contributed by atoms with Crippen LogP contribution in [0, 0.1) is 6.92 Å². The van der Waals surface area contributed by atoms with Crippen LogP contribution in [0.4, 0.5) is 5.69 Å². The lowest BCUT2D eigenvalue weighted by atomic mass is 10.1. The minimum atomic E-state index is -0.263. The number of ether oxygens (including phenoxy) is 1. The van der Waals surface area contributed by atoms with Gasteiger partial charge in [0.1, 0.15) is 11.4 Å². The zero-order valence-electron chi connectivity index (χ0n) is 12.8. The molecule has 0 unspecified atom stereocenters. The van der Waals surface area contributed by atoms with Crippen LogP contribution in [0.3, 0.4) is 0 Å². The molecule has 0 saturated carbocycles. The van der Waals surface area contributed by atoms with Gasteiger partial charge in [0.05, 0.1) is 30.3 Å². The number of aryl methyl sites for hydroxylation is 1. The van der Waals surface area contributed by atoms with E-state index in [2.05, 4.69) is 20.5 Å². The number of amides is 1. The highest BCUT2D eigenvalue weighted by Gasteiger charge is 2.16. The number of benzene rings is 1. The molecule has 0 aliphatic heterocycles. The second-order valence-corrected chi connectivity index (χ2v) is 5.03. The first-order valence-corrected chi connectivity index (χ1v) is 7.10. The third kappa shape index (κ3) is 3.06. The van der Waals surface area contributed by atoms with E-state index in [9.17, 15) is 4.79 Å². The van der Waals surface area contributed by atoms with E-state index in [4.69, 9.17) is 4.74 Å². The molecule has 2 N–H and O–H groups in total. The Morgan fingerprint density at radius 1 is 1.26 bits per heavy atom. The molecule has 2 heterocycles. The van der Waals surface area contributed by atoms with Crippen LogP contribution in [0.1, 0.15) is 15.9 Å². The van der Waals surface area contributed by atoms with Crippen molar-refractivity contribution >= 4 is 11.6 Å². The number of anilines is 1. The van der Waals surface area contributed by atoms with Gasteiger partial charge >= 0.3 is 0 Å². The van der Waals surface area contributed by atoms with Crippen LogP contribution >= 0.6 is 0 Å². The maximum absolute atomic E-state index is 12.5. The Morgan fingerprint density at radius 3 is 2.87 bits per heavy atom. The standard InChI is InChI=1S/C17H16N4O2/c1-11-6-7-12(15(9-11)23-2)17(22)20-14-10-19-21-16(14)13-5-3-4-8-18-13/h3-10H,1-2H3,(H,19,21)(H,20,22). The molecule has 1 amide bonds. The summed E-state index contributed by atoms with van der Waals surface area (Å²) in [5.74, 6) is 0.269. The summed E-state index contributed by atoms with van der Waals surface area (Å²) in [4.78, 5) is 16.8. The van der Waals surface area contributed by atoms with Gasteiger partial charge in [0.2, 0.25) is 0 Å². The summed E-state index contributed by atoms with van der Waals surface area (Å²) in [6.07, 6.45) is 3.24. The zero-order chi connectivity index (χ0) is 16.2. The van der Waals surface area contributed by atoms with Gasteiger partial charge < -0.3 is 10.1 Å². The Labute approximate surface area is 133 Å². The molecule has 0 spiro atoms. The highest BCUT2D eigenvalue weighted by atomic mass is 16.5. The van der Waals surface area contributed by atoms with Crippen LogP contribution in [0.2, 0.25) is 0 Å². The van der Waals surface area contributed by atoms with E-state index in [0.717, 1.165) is 5.56 Å². The third-order valence-corrected chi connectivity index (χ3v) is 3.41. The first kappa shape index (κ1) is 14.8. The van der Waals surface area contributed by atoms with Crippen LogP contribution in [-0.2, 0) is 0 Å². The Balaban J connectivity index is 1.89. The summed E-state index contributed by atoms with van der Waals surface area (Å²) in [6, 6.07) is 11.0. The van der Waals surface area contributed by atoms with E-state index in [1.165, 1.54) is 0 Å². The molecule has 0 radical (unpaired) electrons. The van der Waals surface area contributed by atoms with Gasteiger partial charge in [0.25, 0.3) is 5.91 Å². The molecule has 116 valence electrons. The van der Waals surface area contributed by atoms with Crippen LogP contribution < -0.4 is 10.1 Å². The minimum absolute atomic E-state index is 0.263. The highest BCUT2D eigenvalue weighted by molar-refractivity contribution is 6.07. The third-order valence-electron chi connectivity index (χ3n) is 3.41. The van der Waals surface area contributed by atoms with E-state index >= 15 is 0 Å². The van der Waals surface area contributed by atoms with Crippen LogP contribution in [0.5, 0.6) is 5.75 Å². The Bertz CT molecular complexity index is 828. The number of carbonyl (C=O) groups excluding carboxylic acids is 1. The Morgan fingerprint density at radius 2 is 2.13 bits per heavy atom. The first-order chi connectivity index (χ1) is 11.2. The molecule has 0 aliphatic carbocycles. The van der Waals surface area contributed by atoms with Gasteiger partial charge in [-0.1, -0.05) is 12.1 Å². The summed E-state index contributed by atoms with van der Waals surface area (Å²) in [5.41, 5.74) is 3.42. The van der Waals surface area contributed by atoms with Crippen molar-refractivity contribution in [3.05, 3.63) is 59.9 Å². The second kappa shape index (κ2) is 6.31. The lowest BCUT2D eigenvalue weighted by molar-refractivity contribution is 0.102. The number of aromatic nitrogens is 3. The first-order valence-electron chi connectivity index (χ1n) is 7.10. The van der Waals surface area contributed by atoms with Crippen LogP contribution in [-0.4, -0.2) is 28.2 Å². The number of hydrogen-bond acceptors (Lipinski definition) is 4. The largest absolute Gasteiger partial charge is 0.496 e. The van der Waals surface area contributed by atoms with Crippen molar-refractivity contribution in [2.45, 2.75) is 6.92 Å². The number of methoxy groups -OCH3 is 1. The van der Waals surface area contributed by atoms with Gasteiger partial charge in [-0.25, -0.2) is 0 Å². The molecule has 1 aromatic carbocycles. The zero-order valence-corrected chi connectivity index (χ0v) is 12.8. The van der Waals surface area contributed by atoms with Gasteiger partial charge in [-0.05, 0) is 36.8 Å². The SMILES string of the molecule is COc1cc(C)ccc1C(=O)Nc1cn[nH]c1-c1ccccn1. The maximum Gasteiger partial charge on any atom is 0.259 e. The topological polar surface area (TPSA) is 79.9 Å². The number of carbonyl (C=O) groups is 1. The van der Waals surface area contributed by atoms with E-state index < -0.39 is 0 Å². The molecule has 2 aromatic heterocycles. The van der Waals surface area contributed by atoms with Crippen molar-refractivity contribution in [2.75, 3.05) is 12.4 Å². The second-order valence-electron chi connectivity index (χ2n) is 5.03. The molecule has 23 heavy (non-hydrogen) atoms. The summed E-state index contributed by atoms with van der Waals surface area (Å²) < 4.78 is 5.28. The molecule has 6 heteroatoms. The van der Waals surface area contributed by atoms with Crippen molar-refractivity contribution in [3.63, 3.8) is 0 Å². The van der Waals surface area contributed by atoms with E-state index in [1.54, 1.807) is 25.6 Å². The molecule has 0 aliphatic rings. The fourth-order valence-electron chi connectivity index (χ4n) is 2.26. The van der Waals surface area contributed by atoms with E-state index in [1.807, 2.05) is 37.3 Å². The van der Waals surface area contributed by atoms with Crippen molar-refractivity contribution < 1.29 is 9.53 Å². The predicted octanol–water partition coefficient (Wildman–Crippen LogP) is 3.04. The van der Waals surface area contributed by atoms with Gasteiger partial charge in [-0.3, -0.25) is 14.9 Å². The summed E-state index contributed by atoms with van der Waals surface area (Å²) in [5, 5.41) is 9.70. The number of rotatable bonds is 4. The van der Waals surface area contributed by atoms with Gasteiger partial charge in [-0.2, -0.15) is 5.10 Å². The maximum atomic E-state index is 12.5. The molecular weight excluding hydrogens is 292 g/mol. The summed E-state index contributed by atoms with van der Waals surface area (Å²) in [7, 11) is 1.54. The number of pyridine rings is 1. The fraction of sp³-hybridized carbons (Fsp3) is 0.118. The smallest absolute Gasteiger partial charge is 0.259 e. The average Bonchev–Trinajstić information content (AvgIpc) is 3.03. The van der Waals surface area contributed by atoms with Gasteiger partial charge in [-0.15, -0.1) is 0 Å². The molecule has 0 atom stereocenters. The molecule has 0 saturated heterocycles. The normalized spacial score (nSPS) is 10.3. The average molecular weight is 308 g/mol. The van der Waals surface area contributed by atoms with Crippen molar-refractivity contribution in [3.8, 4) is 17.1 Å². The molecule has 6 nitrogen and oxygen atoms in total. The molecular formula is C17H16N4O2. The van der Waals surface area contributed by atoms with Crippen LogP contribution in [0.15, 0.2) is 48.8 Å². The molecule has 0 fully saturated rings.